The first-order valence-electron chi connectivity index (χ1n) is 10.3. The highest BCUT2D eigenvalue weighted by Crippen LogP contribution is 2.36. The Labute approximate surface area is 188 Å². The third-order valence-electron chi connectivity index (χ3n) is 5.40. The van der Waals surface area contributed by atoms with E-state index in [0.717, 1.165) is 11.1 Å². The highest BCUT2D eigenvalue weighted by Gasteiger charge is 2.25. The molecule has 0 aliphatic heterocycles. The molecule has 166 valence electrons. The van der Waals surface area contributed by atoms with Crippen molar-refractivity contribution in [3.8, 4) is 17.0 Å². The smallest absolute Gasteiger partial charge is 0.250 e. The van der Waals surface area contributed by atoms with Gasteiger partial charge in [0.05, 0.1) is 36.2 Å². The Balaban J connectivity index is 2.03. The Bertz CT molecular complexity index is 1160. The number of hydrogen-bond acceptors (Lipinski definition) is 5. The number of rotatable bonds is 7. The minimum atomic E-state index is -0.564. The summed E-state index contributed by atoms with van der Waals surface area (Å²) in [5.41, 5.74) is 16.1. The zero-order valence-corrected chi connectivity index (χ0v) is 18.8. The summed E-state index contributed by atoms with van der Waals surface area (Å²) in [5, 5.41) is 0. The van der Waals surface area contributed by atoms with Gasteiger partial charge in [-0.25, -0.2) is 0 Å². The van der Waals surface area contributed by atoms with Crippen LogP contribution in [-0.4, -0.2) is 29.9 Å². The number of aromatic nitrogens is 1. The molecule has 4 N–H and O–H groups in total. The molecule has 0 unspecified atom stereocenters. The minimum absolute atomic E-state index is 0.0981. The van der Waals surface area contributed by atoms with Crippen LogP contribution in [0.15, 0.2) is 54.7 Å². The van der Waals surface area contributed by atoms with E-state index in [4.69, 9.17) is 16.2 Å². The van der Waals surface area contributed by atoms with Gasteiger partial charge in [-0.3, -0.25) is 14.6 Å². The normalized spacial score (nSPS) is 10.8. The summed E-state index contributed by atoms with van der Waals surface area (Å²) in [5.74, 6) is 0.00291. The van der Waals surface area contributed by atoms with E-state index in [1.807, 2.05) is 51.1 Å². The van der Waals surface area contributed by atoms with E-state index in [-0.39, 0.29) is 18.4 Å². The minimum Gasteiger partial charge on any atom is -0.496 e. The summed E-state index contributed by atoms with van der Waals surface area (Å²) in [7, 11) is 1.58. The van der Waals surface area contributed by atoms with Crippen molar-refractivity contribution in [2.24, 2.45) is 5.73 Å². The van der Waals surface area contributed by atoms with Gasteiger partial charge in [-0.2, -0.15) is 0 Å². The van der Waals surface area contributed by atoms with Crippen molar-refractivity contribution in [1.82, 2.24) is 4.98 Å². The van der Waals surface area contributed by atoms with E-state index in [1.165, 1.54) is 0 Å². The lowest BCUT2D eigenvalue weighted by atomic mass is 9.97. The summed E-state index contributed by atoms with van der Waals surface area (Å²) in [6.45, 7) is 5.72. The number of hydrogen-bond donors (Lipinski definition) is 2. The van der Waals surface area contributed by atoms with Gasteiger partial charge in [-0.1, -0.05) is 24.3 Å². The lowest BCUT2D eigenvalue weighted by Crippen LogP contribution is -2.38. The molecule has 7 heteroatoms. The quantitative estimate of drug-likeness (QED) is 0.553. The van der Waals surface area contributed by atoms with E-state index >= 15 is 0 Å². The van der Waals surface area contributed by atoms with Crippen LogP contribution in [0.5, 0.6) is 5.75 Å². The lowest BCUT2D eigenvalue weighted by molar-refractivity contribution is -0.118. The average molecular weight is 433 g/mol. The first-order chi connectivity index (χ1) is 15.3. The number of nitrogens with two attached hydrogens (primary N) is 2. The second-order valence-corrected chi connectivity index (χ2v) is 7.78. The van der Waals surface area contributed by atoms with Crippen LogP contribution in [0.1, 0.15) is 35.3 Å². The third kappa shape index (κ3) is 4.42. The topological polar surface area (TPSA) is 112 Å². The van der Waals surface area contributed by atoms with Gasteiger partial charge < -0.3 is 21.1 Å². The number of pyridine rings is 1. The van der Waals surface area contributed by atoms with Gasteiger partial charge in [0.15, 0.2) is 0 Å². The molecule has 3 aromatic rings. The molecule has 3 rings (SSSR count). The molecule has 0 atom stereocenters. The summed E-state index contributed by atoms with van der Waals surface area (Å²) in [6.07, 6.45) is 1.77. The molecule has 0 saturated heterocycles. The van der Waals surface area contributed by atoms with E-state index in [2.05, 4.69) is 4.98 Å². The molecule has 32 heavy (non-hydrogen) atoms. The van der Waals surface area contributed by atoms with Crippen LogP contribution >= 0.6 is 0 Å². The van der Waals surface area contributed by atoms with Gasteiger partial charge in [0.2, 0.25) is 5.91 Å². The number of carbonyl (C=O) groups is 2. The fraction of sp³-hybridized carbons (Fsp3) is 0.240. The van der Waals surface area contributed by atoms with Gasteiger partial charge in [0.1, 0.15) is 5.75 Å². The lowest BCUT2D eigenvalue weighted by Gasteiger charge is -2.29. The van der Waals surface area contributed by atoms with Crippen molar-refractivity contribution < 1.29 is 14.3 Å². The first kappa shape index (κ1) is 22.8. The summed E-state index contributed by atoms with van der Waals surface area (Å²) in [4.78, 5) is 31.2. The standard InChI is InChI=1S/C25H28N4O3/c1-15(2)29(22(30)14-17-8-5-6-10-21(17)32-4)20-12-11-18(16(3)23(20)26)24-19(25(27)31)9-7-13-28-24/h5-13,15H,14,26H2,1-4H3,(H2,27,31). The fourth-order valence-corrected chi connectivity index (χ4v) is 3.80. The molecule has 1 heterocycles. The number of nitrogens with zero attached hydrogens (tertiary/aromatic N) is 2. The maximum atomic E-state index is 13.3. The van der Waals surface area contributed by atoms with Crippen LogP contribution in [0.3, 0.4) is 0 Å². The van der Waals surface area contributed by atoms with Crippen LogP contribution in [0.25, 0.3) is 11.3 Å². The van der Waals surface area contributed by atoms with Crippen molar-refractivity contribution >= 4 is 23.2 Å². The van der Waals surface area contributed by atoms with Crippen molar-refractivity contribution in [2.45, 2.75) is 33.2 Å². The second kappa shape index (κ2) is 9.51. The maximum absolute atomic E-state index is 13.3. The largest absolute Gasteiger partial charge is 0.496 e. The molecular formula is C25H28N4O3. The molecule has 2 amide bonds. The van der Waals surface area contributed by atoms with Crippen molar-refractivity contribution in [2.75, 3.05) is 17.7 Å². The van der Waals surface area contributed by atoms with Gasteiger partial charge in [-0.05, 0) is 50.6 Å². The first-order valence-corrected chi connectivity index (χ1v) is 10.3. The van der Waals surface area contributed by atoms with E-state index in [0.29, 0.717) is 33.9 Å². The number of carbonyl (C=O) groups excluding carboxylic acids is 2. The zero-order valence-electron chi connectivity index (χ0n) is 18.8. The van der Waals surface area contributed by atoms with Crippen LogP contribution in [-0.2, 0) is 11.2 Å². The number of methoxy groups -OCH3 is 1. The summed E-state index contributed by atoms with van der Waals surface area (Å²) < 4.78 is 5.39. The van der Waals surface area contributed by atoms with E-state index in [1.54, 1.807) is 36.4 Å². The SMILES string of the molecule is COc1ccccc1CC(=O)N(c1ccc(-c2ncccc2C(N)=O)c(C)c1N)C(C)C. The van der Waals surface area contributed by atoms with Gasteiger partial charge in [0.25, 0.3) is 5.91 Å². The number of amides is 2. The van der Waals surface area contributed by atoms with Gasteiger partial charge in [-0.15, -0.1) is 0 Å². The zero-order chi connectivity index (χ0) is 23.4. The third-order valence-corrected chi connectivity index (χ3v) is 5.40. The number of anilines is 2. The van der Waals surface area contributed by atoms with E-state index in [9.17, 15) is 9.59 Å². The molecule has 0 fully saturated rings. The molecule has 0 saturated carbocycles. The monoisotopic (exact) mass is 432 g/mol. The Hall–Kier alpha value is -3.87. The molecule has 0 aliphatic rings. The molecule has 7 nitrogen and oxygen atoms in total. The molecular weight excluding hydrogens is 404 g/mol. The van der Waals surface area contributed by atoms with Crippen LogP contribution in [0.2, 0.25) is 0 Å². The fourth-order valence-electron chi connectivity index (χ4n) is 3.80. The number of benzene rings is 2. The van der Waals surface area contributed by atoms with Crippen LogP contribution < -0.4 is 21.1 Å². The second-order valence-electron chi connectivity index (χ2n) is 7.78. The number of para-hydroxylation sites is 1. The van der Waals surface area contributed by atoms with Gasteiger partial charge in [0, 0.05) is 23.4 Å². The Kier molecular flexibility index (Phi) is 6.78. The summed E-state index contributed by atoms with van der Waals surface area (Å²) in [6, 6.07) is 14.2. The molecule has 2 aromatic carbocycles. The van der Waals surface area contributed by atoms with Crippen LogP contribution in [0.4, 0.5) is 11.4 Å². The van der Waals surface area contributed by atoms with Crippen molar-refractivity contribution in [1.29, 1.82) is 0 Å². The number of ether oxygens (including phenoxy) is 1. The number of primary amides is 1. The Morgan fingerprint density at radius 2 is 1.81 bits per heavy atom. The number of nitrogen functional groups attached to an aromatic ring is 1. The summed E-state index contributed by atoms with van der Waals surface area (Å²) >= 11 is 0. The molecule has 0 radical (unpaired) electrons. The maximum Gasteiger partial charge on any atom is 0.250 e. The molecule has 1 aromatic heterocycles. The molecule has 0 spiro atoms. The molecule has 0 bridgehead atoms. The van der Waals surface area contributed by atoms with Crippen molar-refractivity contribution in [3.63, 3.8) is 0 Å². The van der Waals surface area contributed by atoms with Crippen molar-refractivity contribution in [3.05, 3.63) is 71.4 Å². The highest BCUT2D eigenvalue weighted by atomic mass is 16.5. The predicted molar refractivity (Wildman–Crippen MR) is 127 cm³/mol. The van der Waals surface area contributed by atoms with Gasteiger partial charge >= 0.3 is 0 Å². The predicted octanol–water partition coefficient (Wildman–Crippen LogP) is 3.73. The van der Waals surface area contributed by atoms with E-state index < -0.39 is 5.91 Å². The average Bonchev–Trinajstić information content (AvgIpc) is 2.77. The van der Waals surface area contributed by atoms with Crippen LogP contribution in [0, 0.1) is 6.92 Å². The molecule has 0 aliphatic carbocycles. The Morgan fingerprint density at radius 1 is 1.09 bits per heavy atom. The Morgan fingerprint density at radius 3 is 2.47 bits per heavy atom. The highest BCUT2D eigenvalue weighted by molar-refractivity contribution is 6.02.